The minimum Gasteiger partial charge on any atom is -0.366 e. The van der Waals surface area contributed by atoms with Crippen molar-refractivity contribution in [1.82, 2.24) is 5.32 Å². The molecule has 0 radical (unpaired) electrons. The Balaban J connectivity index is 1.46. The molecule has 0 aromatic carbocycles. The monoisotopic (exact) mass is 419 g/mol. The first kappa shape index (κ1) is 22.6. The third-order valence-electron chi connectivity index (χ3n) is 10.7. The maximum absolute atomic E-state index is 12.0. The summed E-state index contributed by atoms with van der Waals surface area (Å²) in [7, 11) is 0. The standard InChI is InChI=1S/C26H45NO3/c1-5-27-23(28)11-6-17(2)20-9-10-21-19-8-7-18-16-26(29,30)15-14-24(18,3)22(19)12-13-25(20,21)4/h17-22,29-30H,5-16H2,1-4H3,(H,27,28). The van der Waals surface area contributed by atoms with E-state index in [1.54, 1.807) is 0 Å². The molecule has 4 fully saturated rings. The Morgan fingerprint density at radius 1 is 1.00 bits per heavy atom. The van der Waals surface area contributed by atoms with E-state index in [-0.39, 0.29) is 5.91 Å². The number of carbonyl (C=O) groups excluding carboxylic acids is 1. The van der Waals surface area contributed by atoms with E-state index in [0.29, 0.717) is 41.9 Å². The first-order chi connectivity index (χ1) is 14.1. The summed E-state index contributed by atoms with van der Waals surface area (Å²) >= 11 is 0. The fourth-order valence-electron chi connectivity index (χ4n) is 9.05. The third-order valence-corrected chi connectivity index (χ3v) is 10.7. The molecule has 8 atom stereocenters. The van der Waals surface area contributed by atoms with Gasteiger partial charge < -0.3 is 15.5 Å². The Morgan fingerprint density at radius 3 is 2.47 bits per heavy atom. The molecule has 0 heterocycles. The first-order valence-corrected chi connectivity index (χ1v) is 12.8. The van der Waals surface area contributed by atoms with E-state index >= 15 is 0 Å². The van der Waals surface area contributed by atoms with Crippen LogP contribution < -0.4 is 5.32 Å². The van der Waals surface area contributed by atoms with Crippen molar-refractivity contribution in [2.75, 3.05) is 6.54 Å². The Hall–Kier alpha value is -0.610. The number of hydrogen-bond donors (Lipinski definition) is 3. The number of nitrogens with one attached hydrogen (secondary N) is 1. The van der Waals surface area contributed by atoms with E-state index in [4.69, 9.17) is 0 Å². The van der Waals surface area contributed by atoms with E-state index < -0.39 is 5.79 Å². The highest BCUT2D eigenvalue weighted by molar-refractivity contribution is 5.75. The zero-order valence-electron chi connectivity index (χ0n) is 19.8. The highest BCUT2D eigenvalue weighted by atomic mass is 16.5. The lowest BCUT2D eigenvalue weighted by atomic mass is 9.44. The van der Waals surface area contributed by atoms with Crippen molar-refractivity contribution >= 4 is 5.91 Å². The minimum atomic E-state index is -1.43. The van der Waals surface area contributed by atoms with Crippen molar-refractivity contribution in [1.29, 1.82) is 0 Å². The number of rotatable bonds is 5. The van der Waals surface area contributed by atoms with Crippen molar-refractivity contribution in [3.8, 4) is 0 Å². The molecule has 0 aromatic heterocycles. The normalized spacial score (nSPS) is 45.7. The van der Waals surface area contributed by atoms with Crippen LogP contribution in [0.25, 0.3) is 0 Å². The highest BCUT2D eigenvalue weighted by Gasteiger charge is 2.61. The summed E-state index contributed by atoms with van der Waals surface area (Å²) in [5.41, 5.74) is 0.721. The lowest BCUT2D eigenvalue weighted by Gasteiger charge is -2.61. The molecule has 4 rings (SSSR count). The summed E-state index contributed by atoms with van der Waals surface area (Å²) in [6, 6.07) is 0. The molecule has 0 saturated heterocycles. The Kier molecular flexibility index (Phi) is 6.07. The average Bonchev–Trinajstić information content (AvgIpc) is 3.04. The summed E-state index contributed by atoms with van der Waals surface area (Å²) in [5, 5.41) is 23.5. The van der Waals surface area contributed by atoms with Gasteiger partial charge in [-0.15, -0.1) is 0 Å². The Bertz CT molecular complexity index is 648. The first-order valence-electron chi connectivity index (χ1n) is 12.8. The average molecular weight is 420 g/mol. The van der Waals surface area contributed by atoms with Crippen molar-refractivity contribution < 1.29 is 15.0 Å². The lowest BCUT2D eigenvalue weighted by Crippen LogP contribution is -2.56. The zero-order valence-corrected chi connectivity index (χ0v) is 19.8. The molecule has 0 bridgehead atoms. The van der Waals surface area contributed by atoms with Gasteiger partial charge in [-0.1, -0.05) is 20.8 Å². The van der Waals surface area contributed by atoms with Gasteiger partial charge in [0, 0.05) is 25.8 Å². The van der Waals surface area contributed by atoms with Crippen LogP contribution in [0.4, 0.5) is 0 Å². The zero-order chi connectivity index (χ0) is 21.7. The van der Waals surface area contributed by atoms with Crippen LogP contribution in [0.15, 0.2) is 0 Å². The second-order valence-corrected chi connectivity index (χ2v) is 12.0. The number of fused-ring (bicyclic) bond motifs is 5. The molecule has 172 valence electrons. The topological polar surface area (TPSA) is 69.6 Å². The predicted octanol–water partition coefficient (Wildman–Crippen LogP) is 4.88. The van der Waals surface area contributed by atoms with Gasteiger partial charge in [-0.3, -0.25) is 4.79 Å². The molecule has 0 aliphatic heterocycles. The van der Waals surface area contributed by atoms with Crippen LogP contribution in [0.5, 0.6) is 0 Å². The molecule has 0 aromatic rings. The number of aliphatic hydroxyl groups is 2. The predicted molar refractivity (Wildman–Crippen MR) is 119 cm³/mol. The maximum Gasteiger partial charge on any atom is 0.219 e. The third kappa shape index (κ3) is 3.74. The Morgan fingerprint density at radius 2 is 1.73 bits per heavy atom. The van der Waals surface area contributed by atoms with Crippen LogP contribution in [-0.2, 0) is 4.79 Å². The van der Waals surface area contributed by atoms with Crippen LogP contribution in [0.2, 0.25) is 0 Å². The molecule has 4 aliphatic carbocycles. The fraction of sp³-hybridized carbons (Fsp3) is 0.962. The van der Waals surface area contributed by atoms with Gasteiger partial charge in [0.1, 0.15) is 0 Å². The molecule has 4 aliphatic rings. The van der Waals surface area contributed by atoms with Gasteiger partial charge in [0.25, 0.3) is 0 Å². The van der Waals surface area contributed by atoms with E-state index in [2.05, 4.69) is 26.1 Å². The lowest BCUT2D eigenvalue weighted by molar-refractivity contribution is -0.233. The van der Waals surface area contributed by atoms with Gasteiger partial charge in [-0.25, -0.2) is 0 Å². The second-order valence-electron chi connectivity index (χ2n) is 12.0. The van der Waals surface area contributed by atoms with Gasteiger partial charge in [-0.2, -0.15) is 0 Å². The number of amides is 1. The van der Waals surface area contributed by atoms with E-state index in [9.17, 15) is 15.0 Å². The van der Waals surface area contributed by atoms with Crippen molar-refractivity contribution in [3.05, 3.63) is 0 Å². The summed E-state index contributed by atoms with van der Waals surface area (Å²) in [5.74, 6) is 3.01. The van der Waals surface area contributed by atoms with Crippen molar-refractivity contribution in [2.24, 2.45) is 46.3 Å². The van der Waals surface area contributed by atoms with E-state index in [1.165, 1.54) is 38.5 Å². The largest absolute Gasteiger partial charge is 0.366 e. The molecule has 1 amide bonds. The fourth-order valence-corrected chi connectivity index (χ4v) is 9.05. The molecule has 3 N–H and O–H groups in total. The summed E-state index contributed by atoms with van der Waals surface area (Å²) in [6.07, 6.45) is 11.6. The van der Waals surface area contributed by atoms with Gasteiger partial charge in [0.15, 0.2) is 5.79 Å². The molecular weight excluding hydrogens is 374 g/mol. The summed E-state index contributed by atoms with van der Waals surface area (Å²) in [4.78, 5) is 12.0. The van der Waals surface area contributed by atoms with Crippen molar-refractivity contribution in [3.63, 3.8) is 0 Å². The molecule has 30 heavy (non-hydrogen) atoms. The second kappa shape index (κ2) is 8.06. The van der Waals surface area contributed by atoms with Crippen molar-refractivity contribution in [2.45, 2.75) is 104 Å². The Labute approximate surface area is 183 Å². The quantitative estimate of drug-likeness (QED) is 0.556. The highest BCUT2D eigenvalue weighted by Crippen LogP contribution is 2.68. The molecule has 8 unspecified atom stereocenters. The van der Waals surface area contributed by atoms with E-state index in [1.807, 2.05) is 6.92 Å². The summed E-state index contributed by atoms with van der Waals surface area (Å²) in [6.45, 7) is 10.2. The van der Waals surface area contributed by atoms with Crippen LogP contribution in [-0.4, -0.2) is 28.5 Å². The molecule has 0 spiro atoms. The van der Waals surface area contributed by atoms with Crippen LogP contribution in [0, 0.1) is 46.3 Å². The molecule has 4 heteroatoms. The number of hydrogen-bond acceptors (Lipinski definition) is 3. The maximum atomic E-state index is 12.0. The SMILES string of the molecule is CCNC(=O)CCC(C)C1CCC2C3CCC4CC(O)(O)CCC4(C)C3CCC12C. The number of carbonyl (C=O) groups is 1. The van der Waals surface area contributed by atoms with E-state index in [0.717, 1.165) is 43.1 Å². The summed E-state index contributed by atoms with van der Waals surface area (Å²) < 4.78 is 0. The van der Waals surface area contributed by atoms with Crippen LogP contribution in [0.3, 0.4) is 0 Å². The van der Waals surface area contributed by atoms with Gasteiger partial charge >= 0.3 is 0 Å². The van der Waals surface area contributed by atoms with Crippen LogP contribution in [0.1, 0.15) is 98.3 Å². The molecule has 4 nitrogen and oxygen atoms in total. The van der Waals surface area contributed by atoms with Gasteiger partial charge in [-0.05, 0) is 105 Å². The smallest absolute Gasteiger partial charge is 0.219 e. The molecular formula is C26H45NO3. The van der Waals surface area contributed by atoms with Gasteiger partial charge in [0.2, 0.25) is 5.91 Å². The minimum absolute atomic E-state index is 0.208. The van der Waals surface area contributed by atoms with Gasteiger partial charge in [0.05, 0.1) is 0 Å². The molecule has 4 saturated carbocycles. The van der Waals surface area contributed by atoms with Crippen LogP contribution >= 0.6 is 0 Å².